The van der Waals surface area contributed by atoms with Crippen molar-refractivity contribution in [3.63, 3.8) is 0 Å². The van der Waals surface area contributed by atoms with Crippen LogP contribution in [0.1, 0.15) is 18.4 Å². The maximum atomic E-state index is 11.8. The minimum Gasteiger partial charge on any atom is -0.396 e. The molecule has 0 radical (unpaired) electrons. The largest absolute Gasteiger partial charge is 0.396 e. The average molecular weight is 278 g/mol. The average Bonchev–Trinajstić information content (AvgIpc) is 2.49. The fraction of sp³-hybridized carbons (Fsp3) is 0.533. The van der Waals surface area contributed by atoms with Gasteiger partial charge in [0, 0.05) is 12.3 Å². The molecule has 3 N–H and O–H groups in total. The lowest BCUT2D eigenvalue weighted by molar-refractivity contribution is -0.123. The zero-order chi connectivity index (χ0) is 14.2. The van der Waals surface area contributed by atoms with Crippen LogP contribution in [0.4, 0.5) is 5.69 Å². The molecule has 5 nitrogen and oxygen atoms in total. The topological polar surface area (TPSA) is 70.6 Å². The monoisotopic (exact) mass is 278 g/mol. The third-order valence-electron chi connectivity index (χ3n) is 3.37. The Kier molecular flexibility index (Phi) is 5.98. The smallest absolute Gasteiger partial charge is 0.250 e. The van der Waals surface area contributed by atoms with Crippen LogP contribution in [0.5, 0.6) is 0 Å². The van der Waals surface area contributed by atoms with Crippen LogP contribution in [0.2, 0.25) is 0 Å². The fourth-order valence-corrected chi connectivity index (χ4v) is 2.24. The molecule has 1 fully saturated rings. The van der Waals surface area contributed by atoms with Crippen molar-refractivity contribution >= 4 is 11.6 Å². The lowest BCUT2D eigenvalue weighted by Gasteiger charge is -2.22. The van der Waals surface area contributed by atoms with Crippen LogP contribution < -0.4 is 10.6 Å². The maximum Gasteiger partial charge on any atom is 0.250 e. The first-order valence-electron chi connectivity index (χ1n) is 7.10. The first kappa shape index (κ1) is 15.0. The highest BCUT2D eigenvalue weighted by Gasteiger charge is 2.14. The number of hydrogen-bond acceptors (Lipinski definition) is 4. The van der Waals surface area contributed by atoms with Crippen LogP contribution in [0.15, 0.2) is 24.3 Å². The molecule has 0 bridgehead atoms. The number of benzene rings is 1. The van der Waals surface area contributed by atoms with Gasteiger partial charge in [-0.3, -0.25) is 4.79 Å². The van der Waals surface area contributed by atoms with Gasteiger partial charge in [0.05, 0.1) is 6.10 Å². The van der Waals surface area contributed by atoms with Crippen LogP contribution in [-0.4, -0.2) is 43.4 Å². The second-order valence-corrected chi connectivity index (χ2v) is 4.98. The Morgan fingerprint density at radius 2 is 2.00 bits per heavy atom. The number of nitrogens with one attached hydrogen (secondary N) is 2. The van der Waals surface area contributed by atoms with Crippen LogP contribution in [0.3, 0.4) is 0 Å². The highest BCUT2D eigenvalue weighted by Crippen LogP contribution is 2.11. The number of aliphatic hydroxyl groups is 1. The predicted octanol–water partition coefficient (Wildman–Crippen LogP) is 0.928. The van der Waals surface area contributed by atoms with E-state index in [0.717, 1.165) is 37.2 Å². The third kappa shape index (κ3) is 4.92. The highest BCUT2D eigenvalue weighted by atomic mass is 16.5. The molecule has 0 unspecified atom stereocenters. The maximum absolute atomic E-state index is 11.8. The second kappa shape index (κ2) is 7.99. The standard InChI is InChI=1S/C15H22N2O3/c18-10-7-12-1-3-13(4-2-12)17-15(19)11-20-14-5-8-16-9-6-14/h1-4,14,16,18H,5-11H2,(H,17,19). The Hall–Kier alpha value is -1.43. The zero-order valence-electron chi connectivity index (χ0n) is 11.6. The Morgan fingerprint density at radius 1 is 1.30 bits per heavy atom. The van der Waals surface area contributed by atoms with Crippen molar-refractivity contribution in [2.75, 3.05) is 31.6 Å². The van der Waals surface area contributed by atoms with Crippen LogP contribution >= 0.6 is 0 Å². The molecule has 1 saturated heterocycles. The molecule has 1 aliphatic rings. The highest BCUT2D eigenvalue weighted by molar-refractivity contribution is 5.91. The molecular formula is C15H22N2O3. The van der Waals surface area contributed by atoms with Crippen molar-refractivity contribution in [2.45, 2.75) is 25.4 Å². The molecule has 0 saturated carbocycles. The number of carbonyl (C=O) groups is 1. The number of ether oxygens (including phenoxy) is 1. The van der Waals surface area contributed by atoms with Gasteiger partial charge in [0.2, 0.25) is 5.91 Å². The van der Waals surface area contributed by atoms with Crippen molar-refractivity contribution in [1.29, 1.82) is 0 Å². The number of rotatable bonds is 6. The molecule has 1 amide bonds. The quantitative estimate of drug-likeness (QED) is 0.724. The summed E-state index contributed by atoms with van der Waals surface area (Å²) in [5.41, 5.74) is 1.81. The zero-order valence-corrected chi connectivity index (χ0v) is 11.6. The van der Waals surface area contributed by atoms with E-state index in [2.05, 4.69) is 10.6 Å². The van der Waals surface area contributed by atoms with Crippen molar-refractivity contribution in [3.8, 4) is 0 Å². The molecule has 1 heterocycles. The van der Waals surface area contributed by atoms with Gasteiger partial charge < -0.3 is 20.5 Å². The van der Waals surface area contributed by atoms with Gasteiger partial charge in [-0.05, 0) is 50.0 Å². The summed E-state index contributed by atoms with van der Waals surface area (Å²) in [6.07, 6.45) is 2.74. The minimum atomic E-state index is -0.126. The third-order valence-corrected chi connectivity index (χ3v) is 3.37. The normalized spacial score (nSPS) is 16.1. The molecule has 2 rings (SSSR count). The van der Waals surface area contributed by atoms with Crippen molar-refractivity contribution in [3.05, 3.63) is 29.8 Å². The Bertz CT molecular complexity index is 414. The summed E-state index contributed by atoms with van der Waals surface area (Å²) >= 11 is 0. The van der Waals surface area contributed by atoms with Gasteiger partial charge >= 0.3 is 0 Å². The fourth-order valence-electron chi connectivity index (χ4n) is 2.24. The van der Waals surface area contributed by atoms with E-state index in [0.29, 0.717) is 6.42 Å². The number of aliphatic hydroxyl groups excluding tert-OH is 1. The van der Waals surface area contributed by atoms with E-state index in [1.165, 1.54) is 0 Å². The van der Waals surface area contributed by atoms with Gasteiger partial charge in [-0.2, -0.15) is 0 Å². The number of anilines is 1. The number of piperidine rings is 1. The molecule has 0 aromatic heterocycles. The number of hydrogen-bond donors (Lipinski definition) is 3. The summed E-state index contributed by atoms with van der Waals surface area (Å²) in [5.74, 6) is -0.126. The Balaban J connectivity index is 1.73. The van der Waals surface area contributed by atoms with E-state index < -0.39 is 0 Å². The molecule has 0 atom stereocenters. The second-order valence-electron chi connectivity index (χ2n) is 4.98. The van der Waals surface area contributed by atoms with Gasteiger partial charge in [-0.25, -0.2) is 0 Å². The summed E-state index contributed by atoms with van der Waals surface area (Å²) in [6.45, 7) is 2.15. The van der Waals surface area contributed by atoms with E-state index in [1.807, 2.05) is 24.3 Å². The van der Waals surface area contributed by atoms with Gasteiger partial charge in [0.25, 0.3) is 0 Å². The minimum absolute atomic E-state index is 0.100. The molecular weight excluding hydrogens is 256 g/mol. The number of amides is 1. The summed E-state index contributed by atoms with van der Waals surface area (Å²) in [4.78, 5) is 11.8. The molecule has 0 spiro atoms. The van der Waals surface area contributed by atoms with E-state index in [4.69, 9.17) is 9.84 Å². The van der Waals surface area contributed by atoms with Crippen LogP contribution in [0.25, 0.3) is 0 Å². The van der Waals surface area contributed by atoms with E-state index in [9.17, 15) is 4.79 Å². The van der Waals surface area contributed by atoms with Gasteiger partial charge in [0.15, 0.2) is 0 Å². The lowest BCUT2D eigenvalue weighted by atomic mass is 10.1. The molecule has 1 aromatic rings. The van der Waals surface area contributed by atoms with Gasteiger partial charge in [0.1, 0.15) is 6.61 Å². The SMILES string of the molecule is O=C(COC1CCNCC1)Nc1ccc(CCO)cc1. The van der Waals surface area contributed by atoms with Gasteiger partial charge in [-0.15, -0.1) is 0 Å². The first-order chi connectivity index (χ1) is 9.78. The van der Waals surface area contributed by atoms with Gasteiger partial charge in [-0.1, -0.05) is 12.1 Å². The molecule has 1 aromatic carbocycles. The molecule has 5 heteroatoms. The van der Waals surface area contributed by atoms with Crippen LogP contribution in [0, 0.1) is 0 Å². The lowest BCUT2D eigenvalue weighted by Crippen LogP contribution is -2.34. The summed E-state index contributed by atoms with van der Waals surface area (Å²) < 4.78 is 5.59. The van der Waals surface area contributed by atoms with E-state index >= 15 is 0 Å². The Morgan fingerprint density at radius 3 is 2.65 bits per heavy atom. The summed E-state index contributed by atoms with van der Waals surface area (Å²) in [7, 11) is 0. The summed E-state index contributed by atoms with van der Waals surface area (Å²) in [5, 5.41) is 14.9. The predicted molar refractivity (Wildman–Crippen MR) is 77.7 cm³/mol. The van der Waals surface area contributed by atoms with Crippen molar-refractivity contribution in [1.82, 2.24) is 5.32 Å². The van der Waals surface area contributed by atoms with Crippen LogP contribution in [-0.2, 0) is 16.0 Å². The molecule has 0 aliphatic carbocycles. The van der Waals surface area contributed by atoms with E-state index in [1.54, 1.807) is 0 Å². The Labute approximate surface area is 119 Å². The number of carbonyl (C=O) groups excluding carboxylic acids is 1. The molecule has 20 heavy (non-hydrogen) atoms. The molecule has 110 valence electrons. The van der Waals surface area contributed by atoms with E-state index in [-0.39, 0.29) is 25.2 Å². The van der Waals surface area contributed by atoms with Crippen molar-refractivity contribution < 1.29 is 14.6 Å². The van der Waals surface area contributed by atoms with Crippen molar-refractivity contribution in [2.24, 2.45) is 0 Å². The first-order valence-corrected chi connectivity index (χ1v) is 7.10. The molecule has 1 aliphatic heterocycles. The summed E-state index contributed by atoms with van der Waals surface area (Å²) in [6, 6.07) is 7.49.